The van der Waals surface area contributed by atoms with E-state index in [2.05, 4.69) is 6.92 Å². The zero-order chi connectivity index (χ0) is 15.9. The minimum Gasteiger partial charge on any atom is -0.481 e. The van der Waals surface area contributed by atoms with E-state index >= 15 is 0 Å². The van der Waals surface area contributed by atoms with E-state index < -0.39 is 5.97 Å². The van der Waals surface area contributed by atoms with Crippen molar-refractivity contribution in [3.8, 4) is 0 Å². The van der Waals surface area contributed by atoms with E-state index in [4.69, 9.17) is 21.7 Å². The number of thiocarbonyl (C=S) groups is 1. The predicted molar refractivity (Wildman–Crippen MR) is 87.4 cm³/mol. The van der Waals surface area contributed by atoms with Crippen LogP contribution in [0.5, 0.6) is 0 Å². The first-order chi connectivity index (χ1) is 10.5. The highest BCUT2D eigenvalue weighted by Gasteiger charge is 2.37. The van der Waals surface area contributed by atoms with Crippen LogP contribution >= 0.6 is 24.0 Å². The van der Waals surface area contributed by atoms with E-state index in [0.717, 1.165) is 12.2 Å². The van der Waals surface area contributed by atoms with E-state index in [1.54, 1.807) is 6.08 Å². The second-order valence-corrected chi connectivity index (χ2v) is 7.21. The van der Waals surface area contributed by atoms with E-state index in [-0.39, 0.29) is 18.9 Å². The predicted octanol–water partition coefficient (Wildman–Crippen LogP) is 3.08. The lowest BCUT2D eigenvalue weighted by Gasteiger charge is -2.12. The second kappa shape index (κ2) is 5.89. The highest BCUT2D eigenvalue weighted by atomic mass is 32.2. The van der Waals surface area contributed by atoms with Crippen molar-refractivity contribution in [1.82, 2.24) is 4.90 Å². The molecule has 2 unspecified atom stereocenters. The number of nitrogens with zero attached hydrogens (tertiary/aromatic N) is 1. The molecule has 1 N–H and O–H groups in total. The fraction of sp³-hybridized carbons (Fsp3) is 0.400. The minimum absolute atomic E-state index is 0.0976. The number of carboxylic acids is 1. The molecule has 5 nitrogen and oxygen atoms in total. The summed E-state index contributed by atoms with van der Waals surface area (Å²) in [5, 5.41) is 8.71. The van der Waals surface area contributed by atoms with Gasteiger partial charge < -0.3 is 9.52 Å². The molecule has 2 heterocycles. The Morgan fingerprint density at radius 1 is 1.59 bits per heavy atom. The van der Waals surface area contributed by atoms with Gasteiger partial charge in [-0.2, -0.15) is 0 Å². The number of hydrogen-bond donors (Lipinski definition) is 1. The van der Waals surface area contributed by atoms with Crippen LogP contribution in [-0.2, 0) is 9.59 Å². The van der Waals surface area contributed by atoms with Gasteiger partial charge in [-0.25, -0.2) is 0 Å². The number of thioether (sulfide) groups is 1. The molecule has 22 heavy (non-hydrogen) atoms. The molecule has 3 rings (SSSR count). The van der Waals surface area contributed by atoms with Crippen molar-refractivity contribution in [3.05, 3.63) is 28.6 Å². The topological polar surface area (TPSA) is 70.8 Å². The molecule has 116 valence electrons. The molecule has 1 aliphatic carbocycles. The number of rotatable bonds is 5. The molecule has 1 saturated heterocycles. The van der Waals surface area contributed by atoms with Crippen LogP contribution < -0.4 is 0 Å². The molecule has 1 amide bonds. The summed E-state index contributed by atoms with van der Waals surface area (Å²) in [6.07, 6.45) is 2.70. The van der Waals surface area contributed by atoms with Crippen molar-refractivity contribution >= 4 is 46.3 Å². The molecule has 0 spiro atoms. The zero-order valence-electron chi connectivity index (χ0n) is 11.9. The Morgan fingerprint density at radius 3 is 2.95 bits per heavy atom. The third kappa shape index (κ3) is 3.10. The smallest absolute Gasteiger partial charge is 0.305 e. The molecule has 0 bridgehead atoms. The van der Waals surface area contributed by atoms with Gasteiger partial charge in [0, 0.05) is 18.5 Å². The summed E-state index contributed by atoms with van der Waals surface area (Å²) in [6.45, 7) is 2.28. The highest BCUT2D eigenvalue weighted by molar-refractivity contribution is 8.26. The van der Waals surface area contributed by atoms with Crippen molar-refractivity contribution in [2.24, 2.45) is 5.92 Å². The van der Waals surface area contributed by atoms with Gasteiger partial charge in [0.2, 0.25) is 0 Å². The Bertz CT molecular complexity index is 679. The summed E-state index contributed by atoms with van der Waals surface area (Å²) < 4.78 is 6.15. The number of carbonyl (C=O) groups excluding carboxylic acids is 1. The standard InChI is InChI=1S/C15H15NO4S2/c1-8-6-10(8)11-3-2-9(20-11)7-12-14(19)16(15(21)22-12)5-4-13(17)18/h2-3,7-8,10H,4-6H2,1H3,(H,17,18)/b12-7+. The molecular formula is C15H15NO4S2. The summed E-state index contributed by atoms with van der Waals surface area (Å²) in [4.78, 5) is 24.7. The molecule has 1 saturated carbocycles. The van der Waals surface area contributed by atoms with Crippen LogP contribution in [0.1, 0.15) is 37.2 Å². The first kappa shape index (κ1) is 15.3. The van der Waals surface area contributed by atoms with Gasteiger partial charge in [0.1, 0.15) is 15.8 Å². The molecule has 2 fully saturated rings. The van der Waals surface area contributed by atoms with Crippen molar-refractivity contribution in [3.63, 3.8) is 0 Å². The van der Waals surface area contributed by atoms with Crippen LogP contribution in [-0.4, -0.2) is 32.7 Å². The number of carbonyl (C=O) groups is 2. The molecule has 1 aromatic rings. The molecule has 1 aromatic heterocycles. The largest absolute Gasteiger partial charge is 0.481 e. The van der Waals surface area contributed by atoms with Gasteiger partial charge in [-0.15, -0.1) is 0 Å². The van der Waals surface area contributed by atoms with Crippen molar-refractivity contribution in [1.29, 1.82) is 0 Å². The molecule has 1 aliphatic heterocycles. The van der Waals surface area contributed by atoms with Gasteiger partial charge in [-0.05, 0) is 24.5 Å². The second-order valence-electron chi connectivity index (χ2n) is 5.54. The molecular weight excluding hydrogens is 322 g/mol. The Kier molecular flexibility index (Phi) is 4.10. The van der Waals surface area contributed by atoms with Gasteiger partial charge >= 0.3 is 5.97 Å². The van der Waals surface area contributed by atoms with Gasteiger partial charge in [-0.3, -0.25) is 14.5 Å². The maximum Gasteiger partial charge on any atom is 0.305 e. The van der Waals surface area contributed by atoms with Crippen molar-refractivity contribution < 1.29 is 19.1 Å². The maximum absolute atomic E-state index is 12.3. The molecule has 0 aromatic carbocycles. The Morgan fingerprint density at radius 2 is 2.32 bits per heavy atom. The fourth-order valence-electron chi connectivity index (χ4n) is 2.39. The van der Waals surface area contributed by atoms with Crippen molar-refractivity contribution in [2.45, 2.75) is 25.7 Å². The van der Waals surface area contributed by atoms with Gasteiger partial charge in [0.25, 0.3) is 5.91 Å². The lowest BCUT2D eigenvalue weighted by molar-refractivity contribution is -0.137. The summed E-state index contributed by atoms with van der Waals surface area (Å²) >= 11 is 6.32. The average molecular weight is 337 g/mol. The quantitative estimate of drug-likeness (QED) is 0.658. The normalized spacial score (nSPS) is 26.0. The van der Waals surface area contributed by atoms with Crippen molar-refractivity contribution in [2.75, 3.05) is 6.54 Å². The summed E-state index contributed by atoms with van der Waals surface area (Å²) in [5.41, 5.74) is 0. The molecule has 7 heteroatoms. The lowest BCUT2D eigenvalue weighted by Crippen LogP contribution is -2.30. The summed E-state index contributed by atoms with van der Waals surface area (Å²) in [5.74, 6) is 1.54. The number of carboxylic acid groups (broad SMARTS) is 1. The lowest BCUT2D eigenvalue weighted by atomic mass is 10.3. The van der Waals surface area contributed by atoms with E-state index in [1.165, 1.54) is 16.7 Å². The number of aliphatic carboxylic acids is 1. The van der Waals surface area contributed by atoms with E-state index in [9.17, 15) is 9.59 Å². The van der Waals surface area contributed by atoms with Gasteiger partial charge in [-0.1, -0.05) is 30.9 Å². The van der Waals surface area contributed by atoms with Crippen LogP contribution in [0.2, 0.25) is 0 Å². The minimum atomic E-state index is -0.952. The SMILES string of the molecule is CC1CC1c1ccc(/C=C2/SC(=S)N(CCC(=O)O)C2=O)o1. The first-order valence-corrected chi connectivity index (χ1v) is 8.25. The third-order valence-electron chi connectivity index (χ3n) is 3.82. The van der Waals surface area contributed by atoms with Crippen LogP contribution in [0, 0.1) is 5.92 Å². The van der Waals surface area contributed by atoms with Crippen LogP contribution in [0.4, 0.5) is 0 Å². The third-order valence-corrected chi connectivity index (χ3v) is 5.20. The zero-order valence-corrected chi connectivity index (χ0v) is 13.6. The summed E-state index contributed by atoms with van der Waals surface area (Å²) in [6, 6.07) is 3.80. The highest BCUT2D eigenvalue weighted by Crippen LogP contribution is 2.47. The Hall–Kier alpha value is -1.60. The summed E-state index contributed by atoms with van der Waals surface area (Å²) in [7, 11) is 0. The fourth-order valence-corrected chi connectivity index (χ4v) is 3.68. The number of furan rings is 1. The molecule has 2 aliphatic rings. The first-order valence-electron chi connectivity index (χ1n) is 7.02. The van der Waals surface area contributed by atoms with Crippen LogP contribution in [0.3, 0.4) is 0 Å². The van der Waals surface area contributed by atoms with Gasteiger partial charge in [0.05, 0.1) is 11.3 Å². The van der Waals surface area contributed by atoms with E-state index in [0.29, 0.717) is 26.8 Å². The molecule has 2 atom stereocenters. The Labute approximate surface area is 137 Å². The monoisotopic (exact) mass is 337 g/mol. The average Bonchev–Trinajstić information content (AvgIpc) is 2.90. The maximum atomic E-state index is 12.3. The van der Waals surface area contributed by atoms with Gasteiger partial charge in [0.15, 0.2) is 0 Å². The van der Waals surface area contributed by atoms with Crippen LogP contribution in [0.15, 0.2) is 21.5 Å². The van der Waals surface area contributed by atoms with Crippen LogP contribution in [0.25, 0.3) is 6.08 Å². The number of amides is 1. The molecule has 0 radical (unpaired) electrons. The number of hydrogen-bond acceptors (Lipinski definition) is 5. The van der Waals surface area contributed by atoms with E-state index in [1.807, 2.05) is 12.1 Å². The Balaban J connectivity index is 1.71.